The lowest BCUT2D eigenvalue weighted by atomic mass is 10.1. The van der Waals surface area contributed by atoms with Crippen molar-refractivity contribution in [2.24, 2.45) is 5.73 Å². The second-order valence-corrected chi connectivity index (χ2v) is 4.57. The molecule has 1 aromatic carbocycles. The van der Waals surface area contributed by atoms with Gasteiger partial charge in [-0.1, -0.05) is 15.9 Å². The minimum absolute atomic E-state index is 0.274. The number of rotatable bonds is 4. The fraction of sp³-hybridized carbons (Fsp3) is 0.455. The van der Waals surface area contributed by atoms with E-state index in [1.54, 1.807) is 19.1 Å². The molecule has 0 radical (unpaired) electrons. The number of alkyl halides is 3. The van der Waals surface area contributed by atoms with E-state index in [0.717, 1.165) is 4.47 Å². The maximum Gasteiger partial charge on any atom is 0.422 e. The molecule has 2 nitrogen and oxygen atoms in total. The van der Waals surface area contributed by atoms with Gasteiger partial charge in [0.1, 0.15) is 5.75 Å². The first kappa shape index (κ1) is 14.3. The molecule has 0 unspecified atom stereocenters. The number of nitrogens with two attached hydrogens (primary N) is 1. The number of hydrogen-bond donors (Lipinski definition) is 1. The van der Waals surface area contributed by atoms with Gasteiger partial charge in [-0.05, 0) is 43.1 Å². The Balaban J connectivity index is 2.95. The van der Waals surface area contributed by atoms with E-state index < -0.39 is 12.8 Å². The molecule has 2 N–H and O–H groups in total. The van der Waals surface area contributed by atoms with Crippen molar-refractivity contribution in [1.82, 2.24) is 0 Å². The average molecular weight is 312 g/mol. The molecule has 0 fully saturated rings. The Bertz CT molecular complexity index is 393. The molecule has 0 saturated carbocycles. The molecule has 0 aliphatic rings. The van der Waals surface area contributed by atoms with Gasteiger partial charge < -0.3 is 10.5 Å². The van der Waals surface area contributed by atoms with Crippen molar-refractivity contribution in [3.63, 3.8) is 0 Å². The van der Waals surface area contributed by atoms with Gasteiger partial charge in [0.2, 0.25) is 0 Å². The van der Waals surface area contributed by atoms with E-state index in [9.17, 15) is 13.2 Å². The van der Waals surface area contributed by atoms with Crippen LogP contribution >= 0.6 is 15.9 Å². The van der Waals surface area contributed by atoms with Crippen LogP contribution in [0.4, 0.5) is 13.2 Å². The van der Waals surface area contributed by atoms with Crippen molar-refractivity contribution in [1.29, 1.82) is 0 Å². The quantitative estimate of drug-likeness (QED) is 0.926. The molecule has 17 heavy (non-hydrogen) atoms. The summed E-state index contributed by atoms with van der Waals surface area (Å²) in [5.74, 6) is 0.274. The second kappa shape index (κ2) is 5.73. The van der Waals surface area contributed by atoms with Crippen molar-refractivity contribution in [3.05, 3.63) is 27.7 Å². The van der Waals surface area contributed by atoms with Crippen LogP contribution in [0.25, 0.3) is 0 Å². The number of halogens is 4. The van der Waals surface area contributed by atoms with Gasteiger partial charge in [-0.3, -0.25) is 0 Å². The third-order valence-electron chi connectivity index (χ3n) is 2.11. The van der Waals surface area contributed by atoms with Crippen LogP contribution in [0.15, 0.2) is 16.6 Å². The molecule has 96 valence electrons. The SMILES string of the molecule is Cc1cc(Br)cc(CCN)c1OCC(F)(F)F. The van der Waals surface area contributed by atoms with Gasteiger partial charge in [-0.15, -0.1) is 0 Å². The largest absolute Gasteiger partial charge is 0.484 e. The maximum absolute atomic E-state index is 12.1. The predicted molar refractivity (Wildman–Crippen MR) is 63.2 cm³/mol. The predicted octanol–water partition coefficient (Wildman–Crippen LogP) is 3.20. The fourth-order valence-electron chi connectivity index (χ4n) is 1.50. The highest BCUT2D eigenvalue weighted by molar-refractivity contribution is 9.10. The lowest BCUT2D eigenvalue weighted by Gasteiger charge is -2.15. The summed E-state index contributed by atoms with van der Waals surface area (Å²) >= 11 is 3.29. The van der Waals surface area contributed by atoms with Gasteiger partial charge in [-0.2, -0.15) is 13.2 Å². The number of hydrogen-bond acceptors (Lipinski definition) is 2. The maximum atomic E-state index is 12.1. The molecular weight excluding hydrogens is 299 g/mol. The van der Waals surface area contributed by atoms with Gasteiger partial charge in [0.15, 0.2) is 6.61 Å². The monoisotopic (exact) mass is 311 g/mol. The van der Waals surface area contributed by atoms with Crippen LogP contribution in [0.5, 0.6) is 5.75 Å². The molecule has 0 heterocycles. The van der Waals surface area contributed by atoms with Gasteiger partial charge in [0.25, 0.3) is 0 Å². The molecule has 0 bridgehead atoms. The van der Waals surface area contributed by atoms with Crippen molar-refractivity contribution >= 4 is 15.9 Å². The summed E-state index contributed by atoms with van der Waals surface area (Å²) in [7, 11) is 0. The summed E-state index contributed by atoms with van der Waals surface area (Å²) in [4.78, 5) is 0. The van der Waals surface area contributed by atoms with E-state index in [2.05, 4.69) is 15.9 Å². The molecule has 0 aliphatic carbocycles. The van der Waals surface area contributed by atoms with Crippen LogP contribution in [-0.4, -0.2) is 19.3 Å². The van der Waals surface area contributed by atoms with E-state index in [4.69, 9.17) is 10.5 Å². The normalized spacial score (nSPS) is 11.6. The van der Waals surface area contributed by atoms with E-state index in [0.29, 0.717) is 24.1 Å². The van der Waals surface area contributed by atoms with Crippen molar-refractivity contribution in [3.8, 4) is 5.75 Å². The van der Waals surface area contributed by atoms with Crippen LogP contribution in [0.2, 0.25) is 0 Å². The van der Waals surface area contributed by atoms with Crippen molar-refractivity contribution in [2.75, 3.05) is 13.2 Å². The van der Waals surface area contributed by atoms with Crippen LogP contribution in [0, 0.1) is 6.92 Å². The van der Waals surface area contributed by atoms with Crippen LogP contribution in [0.1, 0.15) is 11.1 Å². The molecule has 0 amide bonds. The van der Waals surface area contributed by atoms with E-state index in [1.165, 1.54) is 0 Å². The minimum Gasteiger partial charge on any atom is -0.484 e. The summed E-state index contributed by atoms with van der Waals surface area (Å²) < 4.78 is 42.0. The highest BCUT2D eigenvalue weighted by atomic mass is 79.9. The number of ether oxygens (including phenoxy) is 1. The van der Waals surface area contributed by atoms with Crippen LogP contribution in [0.3, 0.4) is 0 Å². The van der Waals surface area contributed by atoms with E-state index in [1.807, 2.05) is 0 Å². The first-order valence-corrected chi connectivity index (χ1v) is 5.81. The molecular formula is C11H13BrF3NO. The van der Waals surface area contributed by atoms with E-state index >= 15 is 0 Å². The number of aryl methyl sites for hydroxylation is 1. The lowest BCUT2D eigenvalue weighted by Crippen LogP contribution is -2.20. The highest BCUT2D eigenvalue weighted by Gasteiger charge is 2.29. The molecule has 0 atom stereocenters. The summed E-state index contributed by atoms with van der Waals surface area (Å²) in [6, 6.07) is 3.44. The van der Waals surface area contributed by atoms with Gasteiger partial charge >= 0.3 is 6.18 Å². The Hall–Kier alpha value is -0.750. The van der Waals surface area contributed by atoms with Crippen LogP contribution < -0.4 is 10.5 Å². The zero-order valence-corrected chi connectivity index (χ0v) is 10.9. The standard InChI is InChI=1S/C11H13BrF3NO/c1-7-4-9(12)5-8(2-3-16)10(7)17-6-11(13,14)15/h4-5H,2-3,6,16H2,1H3. The zero-order chi connectivity index (χ0) is 13.1. The minimum atomic E-state index is -4.33. The highest BCUT2D eigenvalue weighted by Crippen LogP contribution is 2.29. The van der Waals surface area contributed by atoms with Crippen molar-refractivity contribution in [2.45, 2.75) is 19.5 Å². The summed E-state index contributed by atoms with van der Waals surface area (Å²) in [5.41, 5.74) is 6.76. The molecule has 1 aromatic rings. The lowest BCUT2D eigenvalue weighted by molar-refractivity contribution is -0.153. The Morgan fingerprint density at radius 1 is 1.35 bits per heavy atom. The summed E-state index contributed by atoms with van der Waals surface area (Å²) in [5, 5.41) is 0. The van der Waals surface area contributed by atoms with Gasteiger partial charge in [-0.25, -0.2) is 0 Å². The first-order chi connectivity index (χ1) is 7.83. The smallest absolute Gasteiger partial charge is 0.422 e. The molecule has 0 aromatic heterocycles. The number of benzene rings is 1. The molecule has 0 saturated heterocycles. The topological polar surface area (TPSA) is 35.2 Å². The van der Waals surface area contributed by atoms with Gasteiger partial charge in [0, 0.05) is 4.47 Å². The first-order valence-electron chi connectivity index (χ1n) is 5.02. The Kier molecular flexibility index (Phi) is 4.82. The second-order valence-electron chi connectivity index (χ2n) is 3.65. The van der Waals surface area contributed by atoms with Crippen molar-refractivity contribution < 1.29 is 17.9 Å². The third-order valence-corrected chi connectivity index (χ3v) is 2.57. The Labute approximate surface area is 106 Å². The fourth-order valence-corrected chi connectivity index (χ4v) is 2.12. The molecule has 6 heteroatoms. The molecule has 0 aliphatic heterocycles. The van der Waals surface area contributed by atoms with Gasteiger partial charge in [0.05, 0.1) is 0 Å². The van der Waals surface area contributed by atoms with Crippen LogP contribution in [-0.2, 0) is 6.42 Å². The molecule has 0 spiro atoms. The summed E-state index contributed by atoms with van der Waals surface area (Å²) in [6.07, 6.45) is -3.85. The Morgan fingerprint density at radius 3 is 2.53 bits per heavy atom. The summed E-state index contributed by atoms with van der Waals surface area (Å²) in [6.45, 7) is 0.780. The zero-order valence-electron chi connectivity index (χ0n) is 9.27. The molecule has 1 rings (SSSR count). The third kappa shape index (κ3) is 4.55. The van der Waals surface area contributed by atoms with E-state index in [-0.39, 0.29) is 5.75 Å². The Morgan fingerprint density at radius 2 is 2.00 bits per heavy atom. The average Bonchev–Trinajstić information content (AvgIpc) is 2.14.